The van der Waals surface area contributed by atoms with E-state index in [1.54, 1.807) is 36.0 Å². The van der Waals surface area contributed by atoms with Gasteiger partial charge in [-0.1, -0.05) is 19.4 Å². The average molecular weight is 454 g/mol. The highest BCUT2D eigenvalue weighted by atomic mass is 16.5. The monoisotopic (exact) mass is 453 g/mol. The van der Waals surface area contributed by atoms with Crippen molar-refractivity contribution < 1.29 is 18.7 Å². The second-order valence-electron chi connectivity index (χ2n) is 7.94. The second kappa shape index (κ2) is 11.4. The molecule has 3 aromatic rings. The molecule has 0 fully saturated rings. The molecule has 1 N–H and O–H groups in total. The number of methoxy groups -OCH3 is 1. The number of amides is 1. The zero-order chi connectivity index (χ0) is 23.8. The van der Waals surface area contributed by atoms with Crippen LogP contribution in [0, 0.1) is 0 Å². The van der Waals surface area contributed by atoms with Crippen molar-refractivity contribution in [2.45, 2.75) is 26.3 Å². The molecule has 8 nitrogen and oxygen atoms in total. The Labute approximate surface area is 193 Å². The maximum atomic E-state index is 12.5. The smallest absolute Gasteiger partial charge is 0.419 e. The van der Waals surface area contributed by atoms with Crippen molar-refractivity contribution in [3.63, 3.8) is 0 Å². The summed E-state index contributed by atoms with van der Waals surface area (Å²) in [6.07, 6.45) is 5.18. The number of unbranched alkanes of at least 4 members (excludes halogenated alkanes) is 1. The largest absolute Gasteiger partial charge is 0.493 e. The van der Waals surface area contributed by atoms with Gasteiger partial charge >= 0.3 is 5.76 Å². The van der Waals surface area contributed by atoms with E-state index in [-0.39, 0.29) is 5.91 Å². The first-order chi connectivity index (χ1) is 15.9. The van der Waals surface area contributed by atoms with Gasteiger partial charge in [-0.25, -0.2) is 4.79 Å². The summed E-state index contributed by atoms with van der Waals surface area (Å²) in [5, 5.41) is 2.83. The molecular weight excluding hydrogens is 422 g/mol. The van der Waals surface area contributed by atoms with Crippen molar-refractivity contribution in [1.82, 2.24) is 9.47 Å². The molecule has 2 aromatic carbocycles. The maximum Gasteiger partial charge on any atom is 0.419 e. The van der Waals surface area contributed by atoms with Crippen LogP contribution in [0.15, 0.2) is 51.7 Å². The molecule has 1 aromatic heterocycles. The van der Waals surface area contributed by atoms with Crippen molar-refractivity contribution in [2.75, 3.05) is 39.7 Å². The molecule has 0 spiro atoms. The molecule has 0 atom stereocenters. The number of benzene rings is 2. The lowest BCUT2D eigenvalue weighted by Crippen LogP contribution is -2.23. The van der Waals surface area contributed by atoms with Crippen molar-refractivity contribution in [3.05, 3.63) is 58.6 Å². The van der Waals surface area contributed by atoms with Crippen molar-refractivity contribution in [2.24, 2.45) is 0 Å². The summed E-state index contributed by atoms with van der Waals surface area (Å²) in [4.78, 5) is 26.6. The number of anilines is 1. The van der Waals surface area contributed by atoms with Crippen molar-refractivity contribution in [1.29, 1.82) is 0 Å². The van der Waals surface area contributed by atoms with Gasteiger partial charge in [-0.05, 0) is 62.5 Å². The Balaban J connectivity index is 1.70. The molecule has 0 aliphatic rings. The Morgan fingerprint density at radius 2 is 2.00 bits per heavy atom. The Bertz CT molecular complexity index is 1180. The molecule has 1 amide bonds. The van der Waals surface area contributed by atoms with Crippen LogP contribution in [0.2, 0.25) is 0 Å². The Morgan fingerprint density at radius 3 is 2.73 bits per heavy atom. The van der Waals surface area contributed by atoms with E-state index < -0.39 is 5.76 Å². The van der Waals surface area contributed by atoms with Gasteiger partial charge in [-0.3, -0.25) is 9.36 Å². The fourth-order valence-corrected chi connectivity index (χ4v) is 3.24. The Morgan fingerprint density at radius 1 is 1.18 bits per heavy atom. The minimum absolute atomic E-state index is 0.290. The van der Waals surface area contributed by atoms with E-state index in [1.807, 2.05) is 37.2 Å². The molecule has 0 aliphatic carbocycles. The minimum atomic E-state index is -0.411. The van der Waals surface area contributed by atoms with Crippen LogP contribution in [-0.4, -0.2) is 49.7 Å². The molecule has 3 rings (SSSR count). The number of hydrogen-bond donors (Lipinski definition) is 1. The van der Waals surface area contributed by atoms with Gasteiger partial charge in [-0.15, -0.1) is 0 Å². The predicted molar refractivity (Wildman–Crippen MR) is 130 cm³/mol. The zero-order valence-electron chi connectivity index (χ0n) is 19.6. The normalized spacial score (nSPS) is 11.4. The van der Waals surface area contributed by atoms with Crippen molar-refractivity contribution in [3.8, 4) is 11.5 Å². The number of nitrogens with one attached hydrogen (secondary N) is 1. The fraction of sp³-hybridized carbons (Fsp3) is 0.360. The predicted octanol–water partition coefficient (Wildman–Crippen LogP) is 4.00. The molecule has 33 heavy (non-hydrogen) atoms. The fourth-order valence-electron chi connectivity index (χ4n) is 3.24. The lowest BCUT2D eigenvalue weighted by Gasteiger charge is -2.11. The van der Waals surface area contributed by atoms with Gasteiger partial charge in [0.25, 0.3) is 0 Å². The van der Waals surface area contributed by atoms with Gasteiger partial charge in [0.2, 0.25) is 5.91 Å². The number of carbonyl (C=O) groups excluding carboxylic acids is 1. The number of rotatable bonds is 11. The van der Waals surface area contributed by atoms with Gasteiger partial charge in [-0.2, -0.15) is 0 Å². The molecule has 0 aliphatic heterocycles. The summed E-state index contributed by atoms with van der Waals surface area (Å²) < 4.78 is 18.0. The lowest BCUT2D eigenvalue weighted by molar-refractivity contribution is -0.111. The van der Waals surface area contributed by atoms with Gasteiger partial charge in [0, 0.05) is 24.9 Å². The summed E-state index contributed by atoms with van der Waals surface area (Å²) in [6, 6.07) is 10.7. The Hall–Kier alpha value is -3.52. The van der Waals surface area contributed by atoms with Crippen LogP contribution < -0.4 is 20.5 Å². The number of likely N-dealkylation sites (N-methyl/N-ethyl adjacent to an activating group) is 1. The summed E-state index contributed by atoms with van der Waals surface area (Å²) in [6.45, 7) is 3.93. The number of hydrogen-bond acceptors (Lipinski definition) is 6. The number of nitrogens with zero attached hydrogens (tertiary/aromatic N) is 2. The van der Waals surface area contributed by atoms with E-state index in [4.69, 9.17) is 13.9 Å². The topological polar surface area (TPSA) is 85.9 Å². The molecule has 0 saturated carbocycles. The lowest BCUT2D eigenvalue weighted by atomic mass is 10.2. The number of carbonyl (C=O) groups is 1. The third-order valence-electron chi connectivity index (χ3n) is 5.08. The van der Waals surface area contributed by atoms with E-state index >= 15 is 0 Å². The van der Waals surface area contributed by atoms with Gasteiger partial charge in [0.1, 0.15) is 0 Å². The average Bonchev–Trinajstić information content (AvgIpc) is 3.11. The third-order valence-corrected chi connectivity index (χ3v) is 5.08. The van der Waals surface area contributed by atoms with Crippen LogP contribution in [0.5, 0.6) is 11.5 Å². The van der Waals surface area contributed by atoms with Gasteiger partial charge in [0.05, 0.1) is 19.2 Å². The number of fused-ring (bicyclic) bond motifs is 1. The molecule has 0 unspecified atom stereocenters. The van der Waals surface area contributed by atoms with Crippen LogP contribution in [0.4, 0.5) is 5.69 Å². The number of aromatic nitrogens is 1. The van der Waals surface area contributed by atoms with E-state index in [0.717, 1.165) is 18.4 Å². The van der Waals surface area contributed by atoms with Crippen LogP contribution in [0.25, 0.3) is 17.2 Å². The van der Waals surface area contributed by atoms with Crippen molar-refractivity contribution >= 4 is 28.8 Å². The van der Waals surface area contributed by atoms with Crippen LogP contribution in [-0.2, 0) is 11.3 Å². The van der Waals surface area contributed by atoms with Crippen LogP contribution in [0.3, 0.4) is 0 Å². The molecule has 0 bridgehead atoms. The highest BCUT2D eigenvalue weighted by Gasteiger charge is 2.11. The standard InChI is InChI=1S/C25H31N3O5/c1-5-6-15-32-22-10-7-18(16-23(22)31-4)8-12-24(29)26-19-9-11-21-20(17-19)28(25(30)33-21)14-13-27(2)3/h7-12,16-17H,5-6,13-15H2,1-4H3,(H,26,29)/b12-8+. The molecule has 0 saturated heterocycles. The van der Waals surface area contributed by atoms with Crippen LogP contribution >= 0.6 is 0 Å². The molecule has 0 radical (unpaired) electrons. The Kier molecular flexibility index (Phi) is 8.32. The first-order valence-electron chi connectivity index (χ1n) is 11.0. The van der Waals surface area contributed by atoms with E-state index in [1.165, 1.54) is 6.08 Å². The zero-order valence-corrected chi connectivity index (χ0v) is 19.6. The number of ether oxygens (including phenoxy) is 2. The molecule has 8 heteroatoms. The first kappa shape index (κ1) is 24.1. The highest BCUT2D eigenvalue weighted by Crippen LogP contribution is 2.28. The SMILES string of the molecule is CCCCOc1ccc(/C=C/C(=O)Nc2ccc3oc(=O)n(CCN(C)C)c3c2)cc1OC. The second-order valence-corrected chi connectivity index (χ2v) is 7.94. The number of oxazole rings is 1. The van der Waals surface area contributed by atoms with E-state index in [0.29, 0.717) is 48.0 Å². The molecule has 176 valence electrons. The molecule has 1 heterocycles. The highest BCUT2D eigenvalue weighted by molar-refractivity contribution is 6.02. The summed E-state index contributed by atoms with van der Waals surface area (Å²) in [7, 11) is 5.47. The summed E-state index contributed by atoms with van der Waals surface area (Å²) in [5.41, 5.74) is 2.52. The van der Waals surface area contributed by atoms with Gasteiger partial charge in [0.15, 0.2) is 17.1 Å². The third kappa shape index (κ3) is 6.49. The summed E-state index contributed by atoms with van der Waals surface area (Å²) >= 11 is 0. The van der Waals surface area contributed by atoms with E-state index in [2.05, 4.69) is 12.2 Å². The quantitative estimate of drug-likeness (QED) is 0.349. The first-order valence-corrected chi connectivity index (χ1v) is 11.0. The van der Waals surface area contributed by atoms with E-state index in [9.17, 15) is 9.59 Å². The van der Waals surface area contributed by atoms with Crippen LogP contribution in [0.1, 0.15) is 25.3 Å². The minimum Gasteiger partial charge on any atom is -0.493 e. The summed E-state index contributed by atoms with van der Waals surface area (Å²) in [5.74, 6) is 0.601. The molecular formula is C25H31N3O5. The maximum absolute atomic E-state index is 12.5. The van der Waals surface area contributed by atoms with Gasteiger partial charge < -0.3 is 24.1 Å².